The van der Waals surface area contributed by atoms with E-state index in [9.17, 15) is 19.8 Å². The Hall–Kier alpha value is -1.22. The molecule has 0 fully saturated rings. The van der Waals surface area contributed by atoms with Gasteiger partial charge in [0.25, 0.3) is 0 Å². The van der Waals surface area contributed by atoms with Crippen molar-refractivity contribution in [2.24, 2.45) is 0 Å². The van der Waals surface area contributed by atoms with Crippen LogP contribution in [-0.2, 0) is 29.1 Å². The average Bonchev–Trinajstić information content (AvgIpc) is 2.44. The summed E-state index contributed by atoms with van der Waals surface area (Å²) in [5, 5.41) is 21.9. The highest BCUT2D eigenvalue weighted by atomic mass is 17.2. The van der Waals surface area contributed by atoms with E-state index >= 15 is 0 Å². The maximum Gasteiger partial charge on any atom is 0.161 e. The van der Waals surface area contributed by atoms with Crippen molar-refractivity contribution in [3.05, 3.63) is 0 Å². The van der Waals surface area contributed by atoms with Crippen LogP contribution >= 0.6 is 0 Å². The van der Waals surface area contributed by atoms with Gasteiger partial charge in [-0.25, -0.2) is 19.6 Å². The Morgan fingerprint density at radius 1 is 0.808 bits per heavy atom. The first-order chi connectivity index (χ1) is 11.8. The average molecular weight is 376 g/mol. The Balaban J connectivity index is 4.71. The van der Waals surface area contributed by atoms with Gasteiger partial charge in [-0.15, -0.1) is 0 Å². The van der Waals surface area contributed by atoms with Crippen LogP contribution in [0.3, 0.4) is 0 Å². The van der Waals surface area contributed by atoms with Gasteiger partial charge < -0.3 is 19.8 Å². The summed E-state index contributed by atoms with van der Waals surface area (Å²) in [5.74, 6) is -2.54. The standard InChI is InChI=1S/C18H34O8/c1-17(2,3)25-23-13(11-9-7-8-10-12-14(19)20)15(16(21)22)24-26-18(4,5)6/h13,15H,7-12H2,1-6H3,(H,19,20)(H,21,22)/p-2. The molecule has 8 nitrogen and oxygen atoms in total. The Bertz CT molecular complexity index is 422. The number of carbonyl (C=O) groups excluding carboxylic acids is 2. The van der Waals surface area contributed by atoms with Crippen LogP contribution in [0, 0.1) is 0 Å². The molecule has 0 aliphatic rings. The van der Waals surface area contributed by atoms with E-state index in [1.54, 1.807) is 41.5 Å². The number of carbonyl (C=O) groups is 2. The zero-order valence-electron chi connectivity index (χ0n) is 16.7. The van der Waals surface area contributed by atoms with Crippen LogP contribution in [0.15, 0.2) is 0 Å². The molecule has 0 spiro atoms. The van der Waals surface area contributed by atoms with Crippen molar-refractivity contribution in [3.63, 3.8) is 0 Å². The molecule has 0 heterocycles. The summed E-state index contributed by atoms with van der Waals surface area (Å²) in [6, 6.07) is 0. The number of aliphatic carboxylic acids is 2. The molecular formula is C18H32O8-2. The molecule has 0 N–H and O–H groups in total. The summed E-state index contributed by atoms with van der Waals surface area (Å²) in [6.07, 6.45) is 0.472. The molecule has 2 atom stereocenters. The van der Waals surface area contributed by atoms with E-state index in [-0.39, 0.29) is 6.42 Å². The minimum atomic E-state index is -1.46. The van der Waals surface area contributed by atoms with Crippen molar-refractivity contribution < 1.29 is 39.4 Å². The Labute approximate surface area is 155 Å². The van der Waals surface area contributed by atoms with Crippen LogP contribution in [0.4, 0.5) is 0 Å². The van der Waals surface area contributed by atoms with Crippen LogP contribution in [0.25, 0.3) is 0 Å². The van der Waals surface area contributed by atoms with E-state index in [1.807, 2.05) is 0 Å². The molecule has 0 aliphatic heterocycles. The first kappa shape index (κ1) is 24.8. The Morgan fingerprint density at radius 2 is 1.31 bits per heavy atom. The smallest absolute Gasteiger partial charge is 0.161 e. The second-order valence-electron chi connectivity index (χ2n) is 8.19. The highest BCUT2D eigenvalue weighted by molar-refractivity contribution is 5.70. The number of unbranched alkanes of at least 4 members (excludes halogenated alkanes) is 3. The van der Waals surface area contributed by atoms with Gasteiger partial charge in [0.1, 0.15) is 6.10 Å². The summed E-state index contributed by atoms with van der Waals surface area (Å²) in [4.78, 5) is 42.6. The van der Waals surface area contributed by atoms with E-state index in [1.165, 1.54) is 0 Å². The SMILES string of the molecule is CC(C)(C)OOC(CCCCCCC(=O)[O-])C(OOC(C)(C)C)C(=O)[O-]. The maximum absolute atomic E-state index is 11.5. The fraction of sp³-hybridized carbons (Fsp3) is 0.889. The topological polar surface area (TPSA) is 117 Å². The Morgan fingerprint density at radius 3 is 1.77 bits per heavy atom. The van der Waals surface area contributed by atoms with Crippen molar-refractivity contribution >= 4 is 11.9 Å². The number of carboxylic acid groups (broad SMARTS) is 2. The zero-order chi connectivity index (χ0) is 20.4. The minimum absolute atomic E-state index is 0.0112. The molecular weight excluding hydrogens is 344 g/mol. The third-order valence-corrected chi connectivity index (χ3v) is 3.01. The van der Waals surface area contributed by atoms with Crippen LogP contribution in [0.2, 0.25) is 0 Å². The quantitative estimate of drug-likeness (QED) is 0.266. The normalized spacial score (nSPS) is 14.8. The van der Waals surface area contributed by atoms with E-state index in [0.717, 1.165) is 0 Å². The Kier molecular flexibility index (Phi) is 10.9. The van der Waals surface area contributed by atoms with Gasteiger partial charge in [0.15, 0.2) is 6.10 Å². The van der Waals surface area contributed by atoms with Crippen molar-refractivity contribution in [1.82, 2.24) is 0 Å². The van der Waals surface area contributed by atoms with E-state index < -0.39 is 35.3 Å². The van der Waals surface area contributed by atoms with Crippen LogP contribution in [0.5, 0.6) is 0 Å². The van der Waals surface area contributed by atoms with Crippen molar-refractivity contribution in [3.8, 4) is 0 Å². The molecule has 0 saturated heterocycles. The van der Waals surface area contributed by atoms with Gasteiger partial charge in [-0.1, -0.05) is 19.3 Å². The minimum Gasteiger partial charge on any atom is -0.550 e. The van der Waals surface area contributed by atoms with Gasteiger partial charge >= 0.3 is 0 Å². The number of hydrogen-bond acceptors (Lipinski definition) is 8. The lowest BCUT2D eigenvalue weighted by molar-refractivity contribution is -0.438. The van der Waals surface area contributed by atoms with Crippen molar-refractivity contribution in [1.29, 1.82) is 0 Å². The third kappa shape index (κ3) is 14.0. The van der Waals surface area contributed by atoms with E-state index in [0.29, 0.717) is 32.1 Å². The summed E-state index contributed by atoms with van der Waals surface area (Å²) in [7, 11) is 0. The molecule has 2 unspecified atom stereocenters. The summed E-state index contributed by atoms with van der Waals surface area (Å²) >= 11 is 0. The number of rotatable bonds is 13. The van der Waals surface area contributed by atoms with E-state index in [4.69, 9.17) is 19.6 Å². The van der Waals surface area contributed by atoms with Gasteiger partial charge in [-0.05, 0) is 60.8 Å². The fourth-order valence-electron chi connectivity index (χ4n) is 1.87. The van der Waals surface area contributed by atoms with Crippen LogP contribution in [-0.4, -0.2) is 35.3 Å². The molecule has 0 aromatic carbocycles. The second kappa shape index (κ2) is 11.5. The third-order valence-electron chi connectivity index (χ3n) is 3.01. The summed E-state index contributed by atoms with van der Waals surface area (Å²) < 4.78 is 0. The van der Waals surface area contributed by atoms with Gasteiger partial charge in [0, 0.05) is 5.97 Å². The molecule has 0 aliphatic carbocycles. The van der Waals surface area contributed by atoms with Crippen molar-refractivity contribution in [2.45, 2.75) is 103 Å². The zero-order valence-corrected chi connectivity index (χ0v) is 16.7. The molecule has 0 rings (SSSR count). The molecule has 0 saturated carbocycles. The molecule has 154 valence electrons. The van der Waals surface area contributed by atoms with Gasteiger partial charge in [0.05, 0.1) is 17.2 Å². The van der Waals surface area contributed by atoms with Crippen LogP contribution < -0.4 is 10.2 Å². The van der Waals surface area contributed by atoms with Gasteiger partial charge in [-0.2, -0.15) is 0 Å². The maximum atomic E-state index is 11.5. The number of carboxylic acids is 2. The van der Waals surface area contributed by atoms with Crippen LogP contribution in [0.1, 0.15) is 80.1 Å². The second-order valence-corrected chi connectivity index (χ2v) is 8.19. The highest BCUT2D eigenvalue weighted by Crippen LogP contribution is 2.20. The largest absolute Gasteiger partial charge is 0.550 e. The summed E-state index contributed by atoms with van der Waals surface area (Å²) in [6.45, 7) is 10.5. The predicted octanol–water partition coefficient (Wildman–Crippen LogP) is 1.06. The molecule has 0 radical (unpaired) electrons. The van der Waals surface area contributed by atoms with E-state index in [2.05, 4.69) is 0 Å². The monoisotopic (exact) mass is 376 g/mol. The number of hydrogen-bond donors (Lipinski definition) is 0. The first-order valence-electron chi connectivity index (χ1n) is 8.91. The molecule has 0 bridgehead atoms. The molecule has 8 heteroatoms. The van der Waals surface area contributed by atoms with Gasteiger partial charge in [-0.3, -0.25) is 0 Å². The molecule has 0 aromatic rings. The van der Waals surface area contributed by atoms with Crippen molar-refractivity contribution in [2.75, 3.05) is 0 Å². The lowest BCUT2D eigenvalue weighted by Crippen LogP contribution is -2.48. The summed E-state index contributed by atoms with van der Waals surface area (Å²) in [5.41, 5.74) is -1.33. The molecule has 0 aromatic heterocycles. The van der Waals surface area contributed by atoms with Gasteiger partial charge in [0.2, 0.25) is 0 Å². The molecule has 26 heavy (non-hydrogen) atoms. The fourth-order valence-corrected chi connectivity index (χ4v) is 1.87. The predicted molar refractivity (Wildman–Crippen MR) is 89.1 cm³/mol. The molecule has 0 amide bonds. The first-order valence-corrected chi connectivity index (χ1v) is 8.91. The lowest BCUT2D eigenvalue weighted by atomic mass is 10.0. The highest BCUT2D eigenvalue weighted by Gasteiger charge is 2.30. The lowest BCUT2D eigenvalue weighted by Gasteiger charge is -2.30.